The van der Waals surface area contributed by atoms with Crippen molar-refractivity contribution in [2.24, 2.45) is 5.92 Å². The minimum absolute atomic E-state index is 0.0883. The van der Waals surface area contributed by atoms with Gasteiger partial charge in [0.2, 0.25) is 5.91 Å². The van der Waals surface area contributed by atoms with Gasteiger partial charge in [0, 0.05) is 25.1 Å². The van der Waals surface area contributed by atoms with Gasteiger partial charge in [0.05, 0.1) is 12.1 Å². The highest BCUT2D eigenvalue weighted by Crippen LogP contribution is 2.21. The van der Waals surface area contributed by atoms with Crippen molar-refractivity contribution in [2.75, 3.05) is 18.1 Å². The molecule has 1 heterocycles. The lowest BCUT2D eigenvalue weighted by Crippen LogP contribution is -2.34. The van der Waals surface area contributed by atoms with E-state index in [1.807, 2.05) is 24.0 Å². The van der Waals surface area contributed by atoms with Gasteiger partial charge in [0.25, 0.3) is 0 Å². The fraction of sp³-hybridized carbons (Fsp3) is 0.789. The molecule has 5 nitrogen and oxygen atoms in total. The highest BCUT2D eigenvalue weighted by molar-refractivity contribution is 7.99. The number of rotatable bonds is 13. The summed E-state index contributed by atoms with van der Waals surface area (Å²) >= 11 is 1.70. The average Bonchev–Trinajstić information content (AvgIpc) is 2.89. The lowest BCUT2D eigenvalue weighted by atomic mass is 10.1. The number of thioether (sulfide) groups is 1. The number of carbonyl (C=O) groups is 2. The molecule has 25 heavy (non-hydrogen) atoms. The number of hydrogen-bond acceptors (Lipinski definition) is 4. The van der Waals surface area contributed by atoms with Gasteiger partial charge in [-0.3, -0.25) is 9.59 Å². The molecule has 144 valence electrons. The fourth-order valence-corrected chi connectivity index (χ4v) is 4.02. The lowest BCUT2D eigenvalue weighted by molar-refractivity contribution is -0.137. The van der Waals surface area contributed by atoms with Crippen molar-refractivity contribution in [3.63, 3.8) is 0 Å². The monoisotopic (exact) mass is 371 g/mol. The molecule has 1 rings (SSSR count). The topological polar surface area (TPSA) is 77.8 Å². The van der Waals surface area contributed by atoms with Crippen LogP contribution in [0.3, 0.4) is 0 Å². The van der Waals surface area contributed by atoms with Crippen LogP contribution in [0.25, 0.3) is 0 Å². The van der Waals surface area contributed by atoms with Gasteiger partial charge in [-0.15, -0.1) is 0 Å². The highest BCUT2D eigenvalue weighted by atomic mass is 32.2. The van der Waals surface area contributed by atoms with Gasteiger partial charge in [-0.05, 0) is 24.5 Å². The Morgan fingerprint density at radius 2 is 2.20 bits per heavy atom. The van der Waals surface area contributed by atoms with Crippen molar-refractivity contribution >= 4 is 23.6 Å². The number of aliphatic carboxylic acids is 1. The molecule has 0 radical (unpaired) electrons. The normalized spacial score (nSPS) is 20.4. The van der Waals surface area contributed by atoms with Crippen LogP contribution in [0.15, 0.2) is 12.2 Å². The summed E-state index contributed by atoms with van der Waals surface area (Å²) in [4.78, 5) is 24.6. The third-order valence-corrected chi connectivity index (χ3v) is 5.71. The summed E-state index contributed by atoms with van der Waals surface area (Å²) in [6.45, 7) is 4.77. The summed E-state index contributed by atoms with van der Waals surface area (Å²) in [5, 5.41) is 18.8. The third-order valence-electron chi connectivity index (χ3n) is 4.44. The number of likely N-dealkylation sites (tertiary alicyclic amines) is 1. The maximum atomic E-state index is 12.1. The molecule has 1 unspecified atom stereocenters. The summed E-state index contributed by atoms with van der Waals surface area (Å²) in [6.07, 6.45) is 9.07. The first kappa shape index (κ1) is 22.0. The quantitative estimate of drug-likeness (QED) is 0.384. The first-order valence-corrected chi connectivity index (χ1v) is 10.5. The summed E-state index contributed by atoms with van der Waals surface area (Å²) in [5.41, 5.74) is 0. The van der Waals surface area contributed by atoms with Gasteiger partial charge in [-0.1, -0.05) is 45.3 Å². The molecule has 0 spiro atoms. The van der Waals surface area contributed by atoms with Crippen LogP contribution in [0.2, 0.25) is 0 Å². The molecule has 1 amide bonds. The number of nitrogens with zero attached hydrogens (tertiary/aromatic N) is 1. The fourth-order valence-electron chi connectivity index (χ4n) is 3.01. The Hall–Kier alpha value is -1.01. The second-order valence-electron chi connectivity index (χ2n) is 6.92. The number of hydrogen-bond donors (Lipinski definition) is 2. The molecule has 0 aromatic heterocycles. The Bertz CT molecular complexity index is 441. The molecule has 0 bridgehead atoms. The molecule has 1 aliphatic rings. The Labute approximate surface area is 155 Å². The van der Waals surface area contributed by atoms with Crippen LogP contribution in [-0.2, 0) is 9.59 Å². The van der Waals surface area contributed by atoms with Crippen molar-refractivity contribution < 1.29 is 19.8 Å². The first-order chi connectivity index (χ1) is 11.9. The summed E-state index contributed by atoms with van der Waals surface area (Å²) < 4.78 is 0. The van der Waals surface area contributed by atoms with Crippen LogP contribution in [0, 0.1) is 5.92 Å². The highest BCUT2D eigenvalue weighted by Gasteiger charge is 2.28. The van der Waals surface area contributed by atoms with Crippen molar-refractivity contribution in [1.29, 1.82) is 0 Å². The maximum absolute atomic E-state index is 12.1. The predicted molar refractivity (Wildman–Crippen MR) is 103 cm³/mol. The molecule has 0 aromatic rings. The zero-order valence-electron chi connectivity index (χ0n) is 15.5. The first-order valence-electron chi connectivity index (χ1n) is 9.39. The number of amides is 1. The minimum Gasteiger partial charge on any atom is -0.481 e. The van der Waals surface area contributed by atoms with E-state index in [2.05, 4.69) is 6.92 Å². The number of carboxylic acids is 1. The van der Waals surface area contributed by atoms with Crippen LogP contribution in [0.1, 0.15) is 58.8 Å². The second-order valence-corrected chi connectivity index (χ2v) is 8.07. The Kier molecular flexibility index (Phi) is 10.9. The van der Waals surface area contributed by atoms with E-state index in [-0.39, 0.29) is 24.3 Å². The zero-order chi connectivity index (χ0) is 18.7. The van der Waals surface area contributed by atoms with Crippen molar-refractivity contribution in [3.8, 4) is 0 Å². The van der Waals surface area contributed by atoms with Crippen molar-refractivity contribution in [1.82, 2.24) is 4.90 Å². The zero-order valence-corrected chi connectivity index (χ0v) is 16.3. The van der Waals surface area contributed by atoms with E-state index >= 15 is 0 Å². The van der Waals surface area contributed by atoms with Crippen molar-refractivity contribution in [2.45, 2.75) is 70.9 Å². The van der Waals surface area contributed by atoms with Gasteiger partial charge in [0.1, 0.15) is 0 Å². The van der Waals surface area contributed by atoms with Crippen LogP contribution < -0.4 is 0 Å². The van der Waals surface area contributed by atoms with Crippen LogP contribution in [-0.4, -0.2) is 57.2 Å². The predicted octanol–water partition coefficient (Wildman–Crippen LogP) is 3.32. The smallest absolute Gasteiger partial charge is 0.303 e. The Morgan fingerprint density at radius 1 is 1.44 bits per heavy atom. The SMILES string of the molecule is CCCCC[C@H](O)C=C[C@H]1CCC(=O)N1CCSCC(C)CC(=O)O. The van der Waals surface area contributed by atoms with Gasteiger partial charge in [-0.2, -0.15) is 11.8 Å². The van der Waals surface area contributed by atoms with Gasteiger partial charge < -0.3 is 15.1 Å². The van der Waals surface area contributed by atoms with E-state index in [1.165, 1.54) is 0 Å². The van der Waals surface area contributed by atoms with E-state index in [9.17, 15) is 14.7 Å². The van der Waals surface area contributed by atoms with Crippen molar-refractivity contribution in [3.05, 3.63) is 12.2 Å². The summed E-state index contributed by atoms with van der Waals surface area (Å²) in [7, 11) is 0. The average molecular weight is 372 g/mol. The number of aliphatic hydroxyl groups excluding tert-OH is 1. The van der Waals surface area contributed by atoms with E-state index in [0.717, 1.165) is 43.6 Å². The third kappa shape index (κ3) is 9.31. The van der Waals surface area contributed by atoms with E-state index in [0.29, 0.717) is 13.0 Å². The molecule has 0 aliphatic carbocycles. The summed E-state index contributed by atoms with van der Waals surface area (Å²) in [5.74, 6) is 1.18. The molecule has 1 saturated heterocycles. The van der Waals surface area contributed by atoms with E-state index < -0.39 is 12.1 Å². The standard InChI is InChI=1S/C19H33NO4S/c1-3-4-5-6-17(21)9-7-16-8-10-18(22)20(16)11-12-25-14-15(2)13-19(23)24/h7,9,15-17,21H,3-6,8,10-14H2,1-2H3,(H,23,24)/t15?,16-,17-/m0/s1. The molecule has 0 aromatic carbocycles. The molecular formula is C19H33NO4S. The Balaban J connectivity index is 2.33. The summed E-state index contributed by atoms with van der Waals surface area (Å²) in [6, 6.07) is 0.0883. The number of unbranched alkanes of at least 4 members (excludes halogenated alkanes) is 2. The molecule has 1 aliphatic heterocycles. The number of carboxylic acid groups (broad SMARTS) is 1. The lowest BCUT2D eigenvalue weighted by Gasteiger charge is -2.23. The van der Waals surface area contributed by atoms with Gasteiger partial charge >= 0.3 is 5.97 Å². The van der Waals surface area contributed by atoms with Crippen LogP contribution >= 0.6 is 11.8 Å². The van der Waals surface area contributed by atoms with Crippen LogP contribution in [0.4, 0.5) is 0 Å². The van der Waals surface area contributed by atoms with Crippen LogP contribution in [0.5, 0.6) is 0 Å². The largest absolute Gasteiger partial charge is 0.481 e. The van der Waals surface area contributed by atoms with Gasteiger partial charge in [-0.25, -0.2) is 0 Å². The molecular weight excluding hydrogens is 338 g/mol. The maximum Gasteiger partial charge on any atom is 0.303 e. The van der Waals surface area contributed by atoms with E-state index in [4.69, 9.17) is 5.11 Å². The number of carbonyl (C=O) groups excluding carboxylic acids is 1. The molecule has 1 fully saturated rings. The van der Waals surface area contributed by atoms with E-state index in [1.54, 1.807) is 11.8 Å². The minimum atomic E-state index is -0.759. The second kappa shape index (κ2) is 12.4. The molecule has 2 N–H and O–H groups in total. The van der Waals surface area contributed by atoms with Gasteiger partial charge in [0.15, 0.2) is 0 Å². The number of aliphatic hydroxyl groups is 1. The molecule has 0 saturated carbocycles. The Morgan fingerprint density at radius 3 is 2.88 bits per heavy atom. The molecule has 3 atom stereocenters. The molecule has 6 heteroatoms.